The van der Waals surface area contributed by atoms with E-state index in [1.807, 2.05) is 31.2 Å². The quantitative estimate of drug-likeness (QED) is 0.156. The van der Waals surface area contributed by atoms with Crippen LogP contribution in [0.4, 0.5) is 0 Å². The number of hydrogen-bond donors (Lipinski definition) is 2. The number of phenolic OH excluding ortho intramolecular Hbond substituents is 1. The highest BCUT2D eigenvalue weighted by molar-refractivity contribution is 5.38. The minimum absolute atomic E-state index is 0. The SMILES string of the molecule is C.C#Cc1cccc(C(C)(C)C)c1.CC(C)c1ccc(O)cc1.Cc1cc(C(C)C)n[nH]1.Cc1ccc(C(C)C)cc1.Cc1ccc(C(C)C)cc1.Cc1ccc(C(C)C)cc1.Cc1ccc(C(C)C)cc1.Cc1cccc(C(C)C)c1. The molecule has 8 aromatic rings. The van der Waals surface area contributed by atoms with Gasteiger partial charge < -0.3 is 5.11 Å². The Hall–Kier alpha value is -6.89. The summed E-state index contributed by atoms with van der Waals surface area (Å²) in [5.74, 6) is 7.32. The second-order valence-corrected chi connectivity index (χ2v) is 24.7. The van der Waals surface area contributed by atoms with Crippen molar-refractivity contribution < 1.29 is 5.11 Å². The zero-order valence-corrected chi connectivity index (χ0v) is 54.8. The van der Waals surface area contributed by atoms with Crippen molar-refractivity contribution in [2.45, 2.75) is 214 Å². The van der Waals surface area contributed by atoms with Gasteiger partial charge in [0.05, 0.1) is 5.69 Å². The number of benzene rings is 7. The van der Waals surface area contributed by atoms with E-state index >= 15 is 0 Å². The lowest BCUT2D eigenvalue weighted by Gasteiger charge is -2.18. The first-order valence-corrected chi connectivity index (χ1v) is 29.6. The van der Waals surface area contributed by atoms with Crippen LogP contribution in [0.2, 0.25) is 0 Å². The lowest BCUT2D eigenvalue weighted by molar-refractivity contribution is 0.475. The Morgan fingerprint density at radius 1 is 0.378 bits per heavy atom. The summed E-state index contributed by atoms with van der Waals surface area (Å²) >= 11 is 0. The Bertz CT molecular complexity index is 2630. The number of aromatic nitrogens is 2. The number of terminal acetylenes is 1. The van der Waals surface area contributed by atoms with Crippen molar-refractivity contribution in [3.63, 3.8) is 0 Å². The van der Waals surface area contributed by atoms with Crippen LogP contribution >= 0.6 is 0 Å². The van der Waals surface area contributed by atoms with E-state index in [1.165, 1.54) is 66.8 Å². The first-order chi connectivity index (χ1) is 37.9. The molecule has 0 aliphatic rings. The molecular weight excluding hydrogens is 993 g/mol. The van der Waals surface area contributed by atoms with Crippen LogP contribution in [0.1, 0.15) is 250 Å². The number of rotatable bonds is 7. The van der Waals surface area contributed by atoms with Gasteiger partial charge in [-0.15, -0.1) is 6.42 Å². The fourth-order valence-corrected chi connectivity index (χ4v) is 7.50. The largest absolute Gasteiger partial charge is 0.508 e. The summed E-state index contributed by atoms with van der Waals surface area (Å²) in [7, 11) is 0. The highest BCUT2D eigenvalue weighted by Crippen LogP contribution is 2.23. The summed E-state index contributed by atoms with van der Waals surface area (Å²) in [5, 5.41) is 15.9. The van der Waals surface area contributed by atoms with Crippen molar-refractivity contribution >= 4 is 0 Å². The summed E-state index contributed by atoms with van der Waals surface area (Å²) in [6, 6.07) is 61.1. The second-order valence-electron chi connectivity index (χ2n) is 24.7. The fourth-order valence-electron chi connectivity index (χ4n) is 7.50. The van der Waals surface area contributed by atoms with Gasteiger partial charge in [0, 0.05) is 11.3 Å². The van der Waals surface area contributed by atoms with Crippen LogP contribution in [-0.2, 0) is 5.41 Å². The molecule has 1 aromatic heterocycles. The monoisotopic (exact) mass is 1100 g/mol. The van der Waals surface area contributed by atoms with E-state index in [0.717, 1.165) is 17.0 Å². The first kappa shape index (κ1) is 75.1. The molecule has 8 rings (SSSR count). The van der Waals surface area contributed by atoms with Gasteiger partial charge >= 0.3 is 0 Å². The van der Waals surface area contributed by atoms with Crippen LogP contribution in [0.3, 0.4) is 0 Å². The average molecular weight is 1110 g/mol. The Kier molecular flexibility index (Phi) is 36.2. The lowest BCUT2D eigenvalue weighted by Crippen LogP contribution is -2.10. The molecule has 0 aliphatic heterocycles. The van der Waals surface area contributed by atoms with E-state index in [0.29, 0.717) is 47.2 Å². The van der Waals surface area contributed by atoms with Crippen LogP contribution in [0.25, 0.3) is 0 Å². The molecular formula is C79H112N2O. The van der Waals surface area contributed by atoms with Crippen LogP contribution in [-0.4, -0.2) is 15.3 Å². The molecule has 0 amide bonds. The maximum atomic E-state index is 8.94. The molecule has 1 heterocycles. The summed E-state index contributed by atoms with van der Waals surface area (Å²) in [6.07, 6.45) is 5.31. The van der Waals surface area contributed by atoms with Gasteiger partial charge in [-0.1, -0.05) is 304 Å². The van der Waals surface area contributed by atoms with Crippen molar-refractivity contribution in [1.82, 2.24) is 10.2 Å². The number of hydrogen-bond acceptors (Lipinski definition) is 2. The molecule has 2 N–H and O–H groups in total. The molecule has 3 nitrogen and oxygen atoms in total. The molecule has 3 heteroatoms. The van der Waals surface area contributed by atoms with Gasteiger partial charge in [0.25, 0.3) is 0 Å². The molecule has 444 valence electrons. The van der Waals surface area contributed by atoms with Crippen molar-refractivity contribution in [3.8, 4) is 18.1 Å². The Morgan fingerprint density at radius 2 is 0.695 bits per heavy atom. The highest BCUT2D eigenvalue weighted by Gasteiger charge is 2.13. The van der Waals surface area contributed by atoms with Gasteiger partial charge in [0.1, 0.15) is 5.75 Å². The van der Waals surface area contributed by atoms with E-state index in [9.17, 15) is 0 Å². The molecule has 0 saturated heterocycles. The third kappa shape index (κ3) is 32.5. The van der Waals surface area contributed by atoms with Gasteiger partial charge in [-0.2, -0.15) is 5.10 Å². The molecule has 0 spiro atoms. The molecule has 0 aliphatic carbocycles. The maximum Gasteiger partial charge on any atom is 0.115 e. The number of aryl methyl sites for hydroxylation is 6. The smallest absolute Gasteiger partial charge is 0.115 e. The molecule has 0 radical (unpaired) electrons. The average Bonchev–Trinajstić information content (AvgIpc) is 3.88. The Balaban J connectivity index is 0.000000914. The van der Waals surface area contributed by atoms with Crippen LogP contribution in [0.5, 0.6) is 5.75 Å². The van der Waals surface area contributed by atoms with Gasteiger partial charge in [0.15, 0.2) is 0 Å². The van der Waals surface area contributed by atoms with E-state index in [4.69, 9.17) is 11.5 Å². The summed E-state index contributed by atoms with van der Waals surface area (Å²) in [4.78, 5) is 0. The lowest BCUT2D eigenvalue weighted by atomic mass is 9.86. The minimum Gasteiger partial charge on any atom is -0.508 e. The van der Waals surface area contributed by atoms with E-state index < -0.39 is 0 Å². The predicted molar refractivity (Wildman–Crippen MR) is 366 cm³/mol. The molecule has 0 bridgehead atoms. The Morgan fingerprint density at radius 3 is 0.927 bits per heavy atom. The van der Waals surface area contributed by atoms with E-state index in [-0.39, 0.29) is 12.8 Å². The third-order valence-corrected chi connectivity index (χ3v) is 13.5. The standard InChI is InChI=1S/C12H14.5C10H14.C9H12O.C7H12N2.CH4/c1-5-10-7-6-8-11(9-10)12(2,3)4;4*1-8(2)10-6-4-9(3)5-7-10;1-8(2)10-6-4-5-9(3)7-10;1-7(2)8-3-5-9(10)6-4-8;1-5(2)7-4-6(3)8-9-7;/h1,6-9H,2-4H3;5*4-8H,1-3H3;3-7,10H,1-2H3;4-5H,1-3H3,(H,8,9);1H4. The fraction of sp³-hybridized carbons (Fsp3) is 0.405. The highest BCUT2D eigenvalue weighted by atomic mass is 16.3. The normalized spacial score (nSPS) is 10.4. The topological polar surface area (TPSA) is 48.9 Å². The number of nitrogens with zero attached hydrogens (tertiary/aromatic N) is 1. The molecule has 0 atom stereocenters. The van der Waals surface area contributed by atoms with Crippen LogP contribution in [0, 0.1) is 53.9 Å². The Labute approximate surface area is 503 Å². The van der Waals surface area contributed by atoms with Crippen molar-refractivity contribution in [2.75, 3.05) is 0 Å². The first-order valence-electron chi connectivity index (χ1n) is 29.6. The van der Waals surface area contributed by atoms with Gasteiger partial charge in [-0.05, 0) is 158 Å². The van der Waals surface area contributed by atoms with Crippen molar-refractivity contribution in [3.05, 3.63) is 260 Å². The van der Waals surface area contributed by atoms with Crippen molar-refractivity contribution in [1.29, 1.82) is 0 Å². The number of H-pyrrole nitrogens is 1. The molecule has 0 unspecified atom stereocenters. The number of aromatic amines is 1. The maximum absolute atomic E-state index is 8.94. The molecule has 82 heavy (non-hydrogen) atoms. The number of phenols is 1. The summed E-state index contributed by atoms with van der Waals surface area (Å²) < 4.78 is 0. The third-order valence-electron chi connectivity index (χ3n) is 13.5. The zero-order chi connectivity index (χ0) is 61.4. The van der Waals surface area contributed by atoms with Gasteiger partial charge in [-0.3, -0.25) is 5.10 Å². The van der Waals surface area contributed by atoms with Gasteiger partial charge in [0.2, 0.25) is 0 Å². The summed E-state index contributed by atoms with van der Waals surface area (Å²) in [5.41, 5.74) is 19.8. The minimum atomic E-state index is 0. The van der Waals surface area contributed by atoms with E-state index in [1.54, 1.807) is 12.1 Å². The van der Waals surface area contributed by atoms with E-state index in [2.05, 4.69) is 308 Å². The van der Waals surface area contributed by atoms with Gasteiger partial charge in [-0.25, -0.2) is 0 Å². The number of aromatic hydroxyl groups is 1. The predicted octanol–water partition coefficient (Wildman–Crippen LogP) is 23.6. The zero-order valence-electron chi connectivity index (χ0n) is 54.8. The van der Waals surface area contributed by atoms with Crippen LogP contribution in [0.15, 0.2) is 176 Å². The summed E-state index contributed by atoms with van der Waals surface area (Å²) in [6.45, 7) is 49.8. The van der Waals surface area contributed by atoms with Crippen molar-refractivity contribution in [2.24, 2.45) is 0 Å². The molecule has 0 saturated carbocycles. The van der Waals surface area contributed by atoms with Crippen LogP contribution < -0.4 is 0 Å². The number of nitrogens with one attached hydrogen (secondary N) is 1. The molecule has 0 fully saturated rings. The molecule has 7 aromatic carbocycles. The second kappa shape index (κ2) is 39.5.